The number of urea groups is 1. The van der Waals surface area contributed by atoms with Crippen LogP contribution in [0.4, 0.5) is 10.5 Å². The minimum Gasteiger partial charge on any atom is -0.493 e. The van der Waals surface area contributed by atoms with E-state index in [9.17, 15) is 13.2 Å². The van der Waals surface area contributed by atoms with Gasteiger partial charge in [-0.15, -0.1) is 0 Å². The Morgan fingerprint density at radius 3 is 2.19 bits per heavy atom. The lowest BCUT2D eigenvalue weighted by Crippen LogP contribution is -2.28. The molecule has 0 bridgehead atoms. The Labute approximate surface area is 159 Å². The zero-order valence-electron chi connectivity index (χ0n) is 15.6. The van der Waals surface area contributed by atoms with Crippen molar-refractivity contribution in [3.63, 3.8) is 0 Å². The number of rotatable bonds is 7. The SMILES string of the molecule is COc1ccc(NC(=O)NCc2ccc(S(=O)(=O)N(C)C)cc2)cc1OC. The molecule has 0 saturated heterocycles. The third kappa shape index (κ3) is 5.11. The first kappa shape index (κ1) is 20.5. The zero-order chi connectivity index (χ0) is 20.0. The number of hydrogen-bond donors (Lipinski definition) is 2. The van der Waals surface area contributed by atoms with E-state index in [1.165, 1.54) is 40.4 Å². The first-order valence-corrected chi connectivity index (χ1v) is 9.50. The fourth-order valence-corrected chi connectivity index (χ4v) is 3.16. The predicted octanol–water partition coefficient (Wildman–Crippen LogP) is 2.28. The van der Waals surface area contributed by atoms with Crippen LogP contribution in [-0.4, -0.2) is 47.1 Å². The van der Waals surface area contributed by atoms with Crippen LogP contribution >= 0.6 is 0 Å². The summed E-state index contributed by atoms with van der Waals surface area (Å²) < 4.78 is 35.6. The zero-order valence-corrected chi connectivity index (χ0v) is 16.5. The quantitative estimate of drug-likeness (QED) is 0.752. The first-order valence-electron chi connectivity index (χ1n) is 8.06. The molecule has 2 rings (SSSR count). The van der Waals surface area contributed by atoms with E-state index in [-0.39, 0.29) is 11.4 Å². The minimum atomic E-state index is -3.47. The molecule has 0 fully saturated rings. The number of benzene rings is 2. The molecule has 0 aliphatic heterocycles. The molecule has 0 unspecified atom stereocenters. The Bertz CT molecular complexity index is 896. The molecule has 0 spiro atoms. The Morgan fingerprint density at radius 1 is 1.00 bits per heavy atom. The molecule has 0 atom stereocenters. The van der Waals surface area contributed by atoms with Crippen LogP contribution in [0.5, 0.6) is 11.5 Å². The molecule has 27 heavy (non-hydrogen) atoms. The van der Waals surface area contributed by atoms with Gasteiger partial charge in [0.2, 0.25) is 10.0 Å². The summed E-state index contributed by atoms with van der Waals surface area (Å²) in [5, 5.41) is 5.41. The van der Waals surface area contributed by atoms with E-state index in [4.69, 9.17) is 9.47 Å². The predicted molar refractivity (Wildman–Crippen MR) is 103 cm³/mol. The molecule has 2 amide bonds. The number of nitrogens with one attached hydrogen (secondary N) is 2. The van der Waals surface area contributed by atoms with Crippen LogP contribution in [0.25, 0.3) is 0 Å². The van der Waals surface area contributed by atoms with E-state index in [1.807, 2.05) is 0 Å². The first-order chi connectivity index (χ1) is 12.8. The molecule has 0 aromatic heterocycles. The van der Waals surface area contributed by atoms with Crippen molar-refractivity contribution in [3.8, 4) is 11.5 Å². The van der Waals surface area contributed by atoms with E-state index < -0.39 is 16.1 Å². The Balaban J connectivity index is 1.96. The molecule has 2 N–H and O–H groups in total. The van der Waals surface area contributed by atoms with Crippen molar-refractivity contribution < 1.29 is 22.7 Å². The number of carbonyl (C=O) groups excluding carboxylic acids is 1. The van der Waals surface area contributed by atoms with Crippen LogP contribution in [0, 0.1) is 0 Å². The highest BCUT2D eigenvalue weighted by Gasteiger charge is 2.16. The molecule has 0 aliphatic rings. The highest BCUT2D eigenvalue weighted by molar-refractivity contribution is 7.89. The molecule has 0 saturated carbocycles. The molecular weight excluding hydrogens is 370 g/mol. The summed E-state index contributed by atoms with van der Waals surface area (Å²) in [6.45, 7) is 0.251. The largest absolute Gasteiger partial charge is 0.493 e. The molecule has 0 heterocycles. The number of amides is 2. The molecule has 9 heteroatoms. The molecule has 146 valence electrons. The van der Waals surface area contributed by atoms with Crippen molar-refractivity contribution in [2.75, 3.05) is 33.6 Å². The van der Waals surface area contributed by atoms with Crippen LogP contribution in [0.1, 0.15) is 5.56 Å². The highest BCUT2D eigenvalue weighted by Crippen LogP contribution is 2.29. The second kappa shape index (κ2) is 8.74. The standard InChI is InChI=1S/C18H23N3O5S/c1-21(2)27(23,24)15-8-5-13(6-9-15)12-19-18(22)20-14-7-10-16(25-3)17(11-14)26-4/h5-11H,12H2,1-4H3,(H2,19,20,22). The maximum Gasteiger partial charge on any atom is 0.319 e. The summed E-state index contributed by atoms with van der Waals surface area (Å²) in [6, 6.07) is 11.0. The van der Waals surface area contributed by atoms with Gasteiger partial charge >= 0.3 is 6.03 Å². The number of methoxy groups -OCH3 is 2. The number of carbonyl (C=O) groups is 1. The Hall–Kier alpha value is -2.78. The summed E-state index contributed by atoms with van der Waals surface area (Å²) in [7, 11) is 2.53. The lowest BCUT2D eigenvalue weighted by molar-refractivity contribution is 0.251. The van der Waals surface area contributed by atoms with E-state index in [1.54, 1.807) is 30.3 Å². The Kier molecular flexibility index (Phi) is 6.65. The highest BCUT2D eigenvalue weighted by atomic mass is 32.2. The van der Waals surface area contributed by atoms with Gasteiger partial charge in [-0.2, -0.15) is 0 Å². The van der Waals surface area contributed by atoms with Crippen molar-refractivity contribution in [2.45, 2.75) is 11.4 Å². The van der Waals surface area contributed by atoms with Gasteiger partial charge in [0.15, 0.2) is 11.5 Å². The Morgan fingerprint density at radius 2 is 1.63 bits per heavy atom. The lowest BCUT2D eigenvalue weighted by atomic mass is 10.2. The summed E-state index contributed by atoms with van der Waals surface area (Å²) in [5.74, 6) is 1.07. The average Bonchev–Trinajstić information content (AvgIpc) is 2.66. The van der Waals surface area contributed by atoms with Crippen LogP contribution < -0.4 is 20.1 Å². The second-order valence-corrected chi connectivity index (χ2v) is 7.96. The smallest absolute Gasteiger partial charge is 0.319 e. The second-order valence-electron chi connectivity index (χ2n) is 5.81. The molecule has 8 nitrogen and oxygen atoms in total. The van der Waals surface area contributed by atoms with Gasteiger partial charge < -0.3 is 20.1 Å². The summed E-state index contributed by atoms with van der Waals surface area (Å²) in [4.78, 5) is 12.3. The summed E-state index contributed by atoms with van der Waals surface area (Å²) in [5.41, 5.74) is 1.33. The topological polar surface area (TPSA) is 97.0 Å². The van der Waals surface area contributed by atoms with Gasteiger partial charge in [0.1, 0.15) is 0 Å². The fourth-order valence-electron chi connectivity index (χ4n) is 2.26. The van der Waals surface area contributed by atoms with Crippen LogP contribution in [0.15, 0.2) is 47.4 Å². The molecule has 0 aliphatic carbocycles. The van der Waals surface area contributed by atoms with Crippen molar-refractivity contribution in [1.29, 1.82) is 0 Å². The van der Waals surface area contributed by atoms with Crippen molar-refractivity contribution in [2.24, 2.45) is 0 Å². The van der Waals surface area contributed by atoms with Gasteiger partial charge in [-0.3, -0.25) is 0 Å². The van der Waals surface area contributed by atoms with E-state index in [0.29, 0.717) is 17.2 Å². The van der Waals surface area contributed by atoms with Gasteiger partial charge in [-0.1, -0.05) is 12.1 Å². The lowest BCUT2D eigenvalue weighted by Gasteiger charge is -2.12. The van der Waals surface area contributed by atoms with Crippen molar-refractivity contribution in [1.82, 2.24) is 9.62 Å². The monoisotopic (exact) mass is 393 g/mol. The molecule has 2 aromatic rings. The van der Waals surface area contributed by atoms with Gasteiger partial charge in [0, 0.05) is 32.4 Å². The number of hydrogen-bond acceptors (Lipinski definition) is 5. The van der Waals surface area contributed by atoms with Crippen LogP contribution in [-0.2, 0) is 16.6 Å². The van der Waals surface area contributed by atoms with Crippen LogP contribution in [0.3, 0.4) is 0 Å². The van der Waals surface area contributed by atoms with E-state index in [2.05, 4.69) is 10.6 Å². The number of anilines is 1. The van der Waals surface area contributed by atoms with Crippen LogP contribution in [0.2, 0.25) is 0 Å². The minimum absolute atomic E-state index is 0.200. The summed E-state index contributed by atoms with van der Waals surface area (Å²) in [6.07, 6.45) is 0. The van der Waals surface area contributed by atoms with E-state index >= 15 is 0 Å². The normalized spacial score (nSPS) is 11.1. The number of ether oxygens (including phenoxy) is 2. The average molecular weight is 393 g/mol. The number of nitrogens with zero attached hydrogens (tertiary/aromatic N) is 1. The van der Waals surface area contributed by atoms with Gasteiger partial charge in [-0.05, 0) is 29.8 Å². The van der Waals surface area contributed by atoms with Gasteiger partial charge in [0.05, 0.1) is 19.1 Å². The maximum absolute atomic E-state index is 12.1. The molecule has 0 radical (unpaired) electrons. The van der Waals surface area contributed by atoms with Gasteiger partial charge in [0.25, 0.3) is 0 Å². The fraction of sp³-hybridized carbons (Fsp3) is 0.278. The van der Waals surface area contributed by atoms with Gasteiger partial charge in [-0.25, -0.2) is 17.5 Å². The third-order valence-electron chi connectivity index (χ3n) is 3.80. The van der Waals surface area contributed by atoms with Crippen molar-refractivity contribution >= 4 is 21.7 Å². The summed E-state index contributed by atoms with van der Waals surface area (Å²) >= 11 is 0. The maximum atomic E-state index is 12.1. The van der Waals surface area contributed by atoms with E-state index in [0.717, 1.165) is 9.87 Å². The van der Waals surface area contributed by atoms with Crippen molar-refractivity contribution in [3.05, 3.63) is 48.0 Å². The molecular formula is C18H23N3O5S. The third-order valence-corrected chi connectivity index (χ3v) is 5.63. The number of sulfonamides is 1. The molecule has 2 aromatic carbocycles.